The molecule has 38 heavy (non-hydrogen) atoms. The van der Waals surface area contributed by atoms with Crippen LogP contribution in [0.1, 0.15) is 37.3 Å². The summed E-state index contributed by atoms with van der Waals surface area (Å²) in [5, 5.41) is 15.5. The van der Waals surface area contributed by atoms with Crippen LogP contribution in [0, 0.1) is 0 Å². The molecule has 2 aliphatic rings. The molecular formula is C28H35N7O2S. The van der Waals surface area contributed by atoms with Gasteiger partial charge in [0.1, 0.15) is 5.75 Å². The van der Waals surface area contributed by atoms with Crippen LogP contribution in [0.4, 0.5) is 11.6 Å². The van der Waals surface area contributed by atoms with Crippen molar-refractivity contribution in [3.8, 4) is 28.3 Å². The minimum atomic E-state index is -0.0838. The summed E-state index contributed by atoms with van der Waals surface area (Å²) in [6, 6.07) is 7.73. The van der Waals surface area contributed by atoms with E-state index in [0.29, 0.717) is 22.9 Å². The summed E-state index contributed by atoms with van der Waals surface area (Å²) >= 11 is 1.67. The number of nitrogens with zero attached hydrogens (tertiary/aromatic N) is 5. The van der Waals surface area contributed by atoms with Gasteiger partial charge in [0.15, 0.2) is 0 Å². The first-order chi connectivity index (χ1) is 18.5. The van der Waals surface area contributed by atoms with Gasteiger partial charge in [0.2, 0.25) is 5.95 Å². The number of rotatable bonds is 6. The van der Waals surface area contributed by atoms with Crippen molar-refractivity contribution in [3.05, 3.63) is 58.0 Å². The van der Waals surface area contributed by atoms with Gasteiger partial charge in [-0.25, -0.2) is 9.97 Å². The van der Waals surface area contributed by atoms with E-state index in [1.807, 2.05) is 24.0 Å². The largest absolute Gasteiger partial charge is 0.495 e. The standard InChI is InChI=1S/C28H31N7O2S.2H2/c1-34-11-8-20(9-12-34)30-27(36)17-4-6-21(23(14-17)37-3)31-28-29-15-18-5-7-22-24(25(18)32-28)26(35(2)33-22)19-10-13-38-16-19;;/h4,6,10,13-16,20H,5,7-9,11-12H2,1-3H3,(H,30,36)(H,29,31,32);2*1H. The topological polar surface area (TPSA) is 97.2 Å². The number of aromatic nitrogens is 4. The first kappa shape index (κ1) is 24.6. The van der Waals surface area contributed by atoms with Crippen molar-refractivity contribution in [1.82, 2.24) is 30.0 Å². The molecule has 0 spiro atoms. The summed E-state index contributed by atoms with van der Waals surface area (Å²) in [7, 11) is 5.70. The average Bonchev–Trinajstić information content (AvgIpc) is 3.57. The number of aryl methyl sites for hydroxylation is 3. The highest BCUT2D eigenvalue weighted by Gasteiger charge is 2.27. The van der Waals surface area contributed by atoms with E-state index in [1.54, 1.807) is 30.6 Å². The quantitative estimate of drug-likeness (QED) is 0.368. The van der Waals surface area contributed by atoms with Crippen LogP contribution in [0.5, 0.6) is 5.75 Å². The predicted molar refractivity (Wildman–Crippen MR) is 153 cm³/mol. The third-order valence-corrected chi connectivity index (χ3v) is 8.09. The zero-order valence-corrected chi connectivity index (χ0v) is 22.6. The Morgan fingerprint density at radius 3 is 2.79 bits per heavy atom. The van der Waals surface area contributed by atoms with Crippen molar-refractivity contribution >= 4 is 28.9 Å². The maximum absolute atomic E-state index is 12.9. The van der Waals surface area contributed by atoms with E-state index in [4.69, 9.17) is 14.8 Å². The molecule has 4 aromatic rings. The number of hydrogen-bond donors (Lipinski definition) is 2. The van der Waals surface area contributed by atoms with E-state index < -0.39 is 0 Å². The Balaban J connectivity index is 0.00000185. The second-order valence-corrected chi connectivity index (χ2v) is 10.7. The van der Waals surface area contributed by atoms with Crippen molar-refractivity contribution in [2.24, 2.45) is 7.05 Å². The number of anilines is 2. The lowest BCUT2D eigenvalue weighted by molar-refractivity contribution is 0.0916. The lowest BCUT2D eigenvalue weighted by atomic mass is 9.92. The molecule has 0 atom stereocenters. The summed E-state index contributed by atoms with van der Waals surface area (Å²) in [6.07, 6.45) is 5.54. The van der Waals surface area contributed by atoms with Gasteiger partial charge >= 0.3 is 0 Å². The van der Waals surface area contributed by atoms with Crippen LogP contribution in [-0.2, 0) is 19.9 Å². The number of hydrogen-bond acceptors (Lipinski definition) is 8. The zero-order chi connectivity index (χ0) is 26.2. The summed E-state index contributed by atoms with van der Waals surface area (Å²) in [5.74, 6) is 0.946. The number of methoxy groups -OCH3 is 1. The molecule has 1 aliphatic heterocycles. The first-order valence-corrected chi connectivity index (χ1v) is 13.8. The van der Waals surface area contributed by atoms with Crippen LogP contribution in [0.25, 0.3) is 22.5 Å². The maximum Gasteiger partial charge on any atom is 0.251 e. The Labute approximate surface area is 228 Å². The third-order valence-electron chi connectivity index (χ3n) is 7.41. The number of nitrogens with one attached hydrogen (secondary N) is 2. The molecule has 10 heteroatoms. The average molecular weight is 534 g/mol. The Hall–Kier alpha value is -3.76. The number of amides is 1. The molecule has 0 bridgehead atoms. The fraction of sp³-hybridized carbons (Fsp3) is 0.357. The van der Waals surface area contributed by atoms with Crippen molar-refractivity contribution < 1.29 is 12.4 Å². The van der Waals surface area contributed by atoms with Crippen molar-refractivity contribution in [2.75, 3.05) is 32.6 Å². The maximum atomic E-state index is 12.9. The molecule has 1 amide bonds. The van der Waals surface area contributed by atoms with Crippen molar-refractivity contribution in [2.45, 2.75) is 31.7 Å². The Morgan fingerprint density at radius 2 is 2.03 bits per heavy atom. The molecule has 3 aromatic heterocycles. The molecule has 1 aromatic carbocycles. The van der Waals surface area contributed by atoms with Crippen molar-refractivity contribution in [1.29, 1.82) is 0 Å². The van der Waals surface area contributed by atoms with E-state index in [0.717, 1.165) is 72.5 Å². The second-order valence-electron chi connectivity index (χ2n) is 9.96. The van der Waals surface area contributed by atoms with Gasteiger partial charge in [0.25, 0.3) is 5.91 Å². The molecule has 6 rings (SSSR count). The fourth-order valence-corrected chi connectivity index (χ4v) is 5.97. The van der Waals surface area contributed by atoms with Gasteiger partial charge in [-0.15, -0.1) is 0 Å². The number of carbonyl (C=O) groups excluding carboxylic acids is 1. The SMILES string of the molecule is COc1cc(C(=O)NC2CCN(C)CC2)ccc1Nc1ncc2c(n1)-c1c(nn(C)c1-c1ccsc1)CC2.[HH].[HH]. The summed E-state index contributed by atoms with van der Waals surface area (Å²) in [6.45, 7) is 1.99. The molecule has 1 aliphatic carbocycles. The van der Waals surface area contributed by atoms with E-state index >= 15 is 0 Å². The van der Waals surface area contributed by atoms with E-state index in [1.165, 1.54) is 0 Å². The molecule has 9 nitrogen and oxygen atoms in total. The fourth-order valence-electron chi connectivity index (χ4n) is 5.33. The first-order valence-electron chi connectivity index (χ1n) is 12.9. The van der Waals surface area contributed by atoms with Crippen LogP contribution in [0.3, 0.4) is 0 Å². The lowest BCUT2D eigenvalue weighted by Gasteiger charge is -2.29. The number of fused-ring (bicyclic) bond motifs is 3. The minimum Gasteiger partial charge on any atom is -0.495 e. The summed E-state index contributed by atoms with van der Waals surface area (Å²) in [4.78, 5) is 24.7. The van der Waals surface area contributed by atoms with E-state index in [9.17, 15) is 4.79 Å². The van der Waals surface area contributed by atoms with Gasteiger partial charge < -0.3 is 20.3 Å². The molecule has 0 radical (unpaired) electrons. The molecule has 0 unspecified atom stereocenters. The van der Waals surface area contributed by atoms with Gasteiger partial charge in [0, 0.05) is 44.2 Å². The zero-order valence-electron chi connectivity index (χ0n) is 21.8. The van der Waals surface area contributed by atoms with Crippen molar-refractivity contribution in [3.63, 3.8) is 0 Å². The summed E-state index contributed by atoms with van der Waals surface area (Å²) < 4.78 is 7.59. The smallest absolute Gasteiger partial charge is 0.251 e. The van der Waals surface area contributed by atoms with Gasteiger partial charge in [-0.1, -0.05) is 0 Å². The van der Waals surface area contributed by atoms with Gasteiger partial charge in [-0.2, -0.15) is 16.4 Å². The van der Waals surface area contributed by atoms with Crippen LogP contribution in [0.2, 0.25) is 0 Å². The number of benzene rings is 1. The highest BCUT2D eigenvalue weighted by Crippen LogP contribution is 2.40. The minimum absolute atomic E-state index is 0. The van der Waals surface area contributed by atoms with Crippen LogP contribution in [-0.4, -0.2) is 63.8 Å². The van der Waals surface area contributed by atoms with Gasteiger partial charge in [-0.05, 0) is 81.0 Å². The Bertz CT molecular complexity index is 1480. The second kappa shape index (κ2) is 10.2. The van der Waals surface area contributed by atoms with E-state index in [-0.39, 0.29) is 14.8 Å². The number of piperidine rings is 1. The number of ether oxygens (including phenoxy) is 1. The molecule has 0 saturated carbocycles. The van der Waals surface area contributed by atoms with Gasteiger partial charge in [0.05, 0.1) is 29.9 Å². The normalized spacial score (nSPS) is 15.6. The molecule has 1 saturated heterocycles. The number of likely N-dealkylation sites (tertiary alicyclic amines) is 1. The van der Waals surface area contributed by atoms with Crippen LogP contribution >= 0.6 is 11.3 Å². The van der Waals surface area contributed by atoms with Crippen LogP contribution in [0.15, 0.2) is 41.2 Å². The third kappa shape index (κ3) is 4.65. The number of carbonyl (C=O) groups is 1. The molecule has 200 valence electrons. The van der Waals surface area contributed by atoms with Crippen LogP contribution < -0.4 is 15.4 Å². The van der Waals surface area contributed by atoms with Gasteiger partial charge in [-0.3, -0.25) is 9.48 Å². The lowest BCUT2D eigenvalue weighted by Crippen LogP contribution is -2.43. The number of thiophene rings is 1. The Morgan fingerprint density at radius 1 is 1.18 bits per heavy atom. The predicted octanol–water partition coefficient (Wildman–Crippen LogP) is 4.77. The highest BCUT2D eigenvalue weighted by atomic mass is 32.1. The molecule has 2 N–H and O–H groups in total. The highest BCUT2D eigenvalue weighted by molar-refractivity contribution is 7.08. The van der Waals surface area contributed by atoms with E-state index in [2.05, 4.69) is 44.4 Å². The summed E-state index contributed by atoms with van der Waals surface area (Å²) in [5.41, 5.74) is 7.63. The molecule has 4 heterocycles. The molecule has 1 fully saturated rings. The Kier molecular flexibility index (Phi) is 6.59. The monoisotopic (exact) mass is 533 g/mol. The molecular weight excluding hydrogens is 498 g/mol.